The van der Waals surface area contributed by atoms with Crippen LogP contribution >= 0.6 is 0 Å². The largest absolute Gasteiger partial charge is 0.443 e. The van der Waals surface area contributed by atoms with Crippen molar-refractivity contribution in [3.05, 3.63) is 35.4 Å². The number of fused-ring (bicyclic) bond motifs is 2. The molecule has 0 unspecified atom stereocenters. The van der Waals surface area contributed by atoms with Gasteiger partial charge in [-0.25, -0.2) is 15.0 Å². The van der Waals surface area contributed by atoms with Gasteiger partial charge in [0, 0.05) is 18.5 Å². The highest BCUT2D eigenvalue weighted by Gasteiger charge is 2.21. The van der Waals surface area contributed by atoms with Gasteiger partial charge in [0.2, 0.25) is 5.71 Å². The molecule has 23 heavy (non-hydrogen) atoms. The molecule has 0 spiro atoms. The van der Waals surface area contributed by atoms with Crippen LogP contribution in [0.5, 0.6) is 0 Å². The van der Waals surface area contributed by atoms with Crippen LogP contribution < -0.4 is 5.32 Å². The SMILES string of the molecule is Cc1oc2ncnc(NC(=O)c3cnc4n3CCCC4)c2c1C. The van der Waals surface area contributed by atoms with Gasteiger partial charge >= 0.3 is 0 Å². The van der Waals surface area contributed by atoms with Gasteiger partial charge in [-0.1, -0.05) is 0 Å². The molecule has 4 rings (SSSR count). The predicted molar refractivity (Wildman–Crippen MR) is 84.4 cm³/mol. The Bertz CT molecular complexity index is 909. The zero-order valence-electron chi connectivity index (χ0n) is 13.1. The Morgan fingerprint density at radius 2 is 2.13 bits per heavy atom. The summed E-state index contributed by atoms with van der Waals surface area (Å²) in [4.78, 5) is 25.3. The molecule has 0 saturated carbocycles. The van der Waals surface area contributed by atoms with Crippen molar-refractivity contribution in [3.8, 4) is 0 Å². The first-order valence-corrected chi connectivity index (χ1v) is 7.71. The number of nitrogens with one attached hydrogen (secondary N) is 1. The van der Waals surface area contributed by atoms with Crippen molar-refractivity contribution >= 4 is 22.8 Å². The van der Waals surface area contributed by atoms with Crippen LogP contribution in [-0.4, -0.2) is 25.4 Å². The molecule has 3 aromatic heterocycles. The molecule has 0 radical (unpaired) electrons. The molecule has 4 heterocycles. The minimum absolute atomic E-state index is 0.205. The fourth-order valence-electron chi connectivity index (χ4n) is 3.05. The molecule has 1 N–H and O–H groups in total. The quantitative estimate of drug-likeness (QED) is 0.786. The van der Waals surface area contributed by atoms with Crippen LogP contribution in [0.1, 0.15) is 40.5 Å². The number of hydrogen-bond donors (Lipinski definition) is 1. The minimum Gasteiger partial charge on any atom is -0.443 e. The van der Waals surface area contributed by atoms with Crippen LogP contribution in [0.25, 0.3) is 11.1 Å². The van der Waals surface area contributed by atoms with E-state index >= 15 is 0 Å². The van der Waals surface area contributed by atoms with Crippen molar-refractivity contribution in [1.29, 1.82) is 0 Å². The molecular weight excluding hydrogens is 294 g/mol. The Morgan fingerprint density at radius 1 is 1.26 bits per heavy atom. The lowest BCUT2D eigenvalue weighted by molar-refractivity contribution is 0.101. The van der Waals surface area contributed by atoms with Crippen LogP contribution in [0.4, 0.5) is 5.82 Å². The molecule has 1 amide bonds. The monoisotopic (exact) mass is 311 g/mol. The molecule has 0 atom stereocenters. The zero-order chi connectivity index (χ0) is 16.0. The van der Waals surface area contributed by atoms with Crippen molar-refractivity contribution in [2.24, 2.45) is 0 Å². The van der Waals surface area contributed by atoms with Crippen molar-refractivity contribution < 1.29 is 9.21 Å². The van der Waals surface area contributed by atoms with Gasteiger partial charge in [0.25, 0.3) is 5.91 Å². The molecule has 3 aromatic rings. The number of hydrogen-bond acceptors (Lipinski definition) is 5. The minimum atomic E-state index is -0.205. The van der Waals surface area contributed by atoms with Gasteiger partial charge in [0.15, 0.2) is 0 Å². The van der Waals surface area contributed by atoms with Crippen LogP contribution in [0.2, 0.25) is 0 Å². The third-order valence-corrected chi connectivity index (χ3v) is 4.40. The van der Waals surface area contributed by atoms with Gasteiger partial charge in [-0.2, -0.15) is 0 Å². The molecule has 1 aliphatic rings. The molecule has 0 aromatic carbocycles. The number of furan rings is 1. The van der Waals surface area contributed by atoms with E-state index in [2.05, 4.69) is 20.3 Å². The number of aryl methyl sites for hydroxylation is 3. The Kier molecular flexibility index (Phi) is 3.14. The standard InChI is InChI=1S/C16H17N5O2/c1-9-10(2)23-16-13(9)14(18-8-19-16)20-15(22)11-7-17-12-5-3-4-6-21(11)12/h7-8H,3-6H2,1-2H3,(H,18,19,20,22). The van der Waals surface area contributed by atoms with Gasteiger partial charge < -0.3 is 14.3 Å². The first kappa shape index (κ1) is 13.9. The number of aromatic nitrogens is 4. The maximum Gasteiger partial charge on any atom is 0.275 e. The summed E-state index contributed by atoms with van der Waals surface area (Å²) in [7, 11) is 0. The molecule has 7 heteroatoms. The lowest BCUT2D eigenvalue weighted by Gasteiger charge is -2.16. The van der Waals surface area contributed by atoms with E-state index in [4.69, 9.17) is 4.42 Å². The Labute approximate surface area is 132 Å². The third kappa shape index (κ3) is 2.19. The summed E-state index contributed by atoms with van der Waals surface area (Å²) in [5, 5.41) is 3.63. The maximum atomic E-state index is 12.6. The van der Waals surface area contributed by atoms with Crippen molar-refractivity contribution in [3.63, 3.8) is 0 Å². The molecule has 0 bridgehead atoms. The molecule has 0 saturated heterocycles. The van der Waals surface area contributed by atoms with Crippen LogP contribution in [0.3, 0.4) is 0 Å². The molecule has 118 valence electrons. The van der Waals surface area contributed by atoms with Crippen molar-refractivity contribution in [2.75, 3.05) is 5.32 Å². The highest BCUT2D eigenvalue weighted by atomic mass is 16.3. The fourth-order valence-corrected chi connectivity index (χ4v) is 3.05. The summed E-state index contributed by atoms with van der Waals surface area (Å²) in [6.45, 7) is 4.64. The van der Waals surface area contributed by atoms with E-state index in [0.717, 1.165) is 48.3 Å². The average molecular weight is 311 g/mol. The van der Waals surface area contributed by atoms with E-state index in [1.165, 1.54) is 6.33 Å². The van der Waals surface area contributed by atoms with Crippen molar-refractivity contribution in [1.82, 2.24) is 19.5 Å². The maximum absolute atomic E-state index is 12.6. The number of carbonyl (C=O) groups excluding carboxylic acids is 1. The first-order chi connectivity index (χ1) is 11.1. The lowest BCUT2D eigenvalue weighted by atomic mass is 10.1. The average Bonchev–Trinajstić information content (AvgIpc) is 3.10. The van der Waals surface area contributed by atoms with E-state index < -0.39 is 0 Å². The topological polar surface area (TPSA) is 85.8 Å². The second kappa shape index (κ2) is 5.19. The van der Waals surface area contributed by atoms with Crippen LogP contribution in [0.15, 0.2) is 16.9 Å². The number of nitrogens with zero attached hydrogens (tertiary/aromatic N) is 4. The molecule has 7 nitrogen and oxygen atoms in total. The number of imidazole rings is 1. The van der Waals surface area contributed by atoms with Gasteiger partial charge in [-0.15, -0.1) is 0 Å². The van der Waals surface area contributed by atoms with Crippen LogP contribution in [-0.2, 0) is 13.0 Å². The number of carbonyl (C=O) groups is 1. The van der Waals surface area contributed by atoms with Gasteiger partial charge in [0.1, 0.15) is 29.4 Å². The van der Waals surface area contributed by atoms with E-state index in [9.17, 15) is 4.79 Å². The highest BCUT2D eigenvalue weighted by molar-refractivity contribution is 6.06. The Morgan fingerprint density at radius 3 is 3.00 bits per heavy atom. The second-order valence-electron chi connectivity index (χ2n) is 5.81. The first-order valence-electron chi connectivity index (χ1n) is 7.71. The molecule has 0 aliphatic carbocycles. The van der Waals surface area contributed by atoms with Gasteiger partial charge in [-0.05, 0) is 26.7 Å². The van der Waals surface area contributed by atoms with Crippen molar-refractivity contribution in [2.45, 2.75) is 39.7 Å². The number of rotatable bonds is 2. The van der Waals surface area contributed by atoms with E-state index in [1.54, 1.807) is 6.20 Å². The lowest BCUT2D eigenvalue weighted by Crippen LogP contribution is -2.21. The summed E-state index contributed by atoms with van der Waals surface area (Å²) in [5.41, 5.74) is 2.00. The van der Waals surface area contributed by atoms with E-state index in [1.807, 2.05) is 18.4 Å². The number of anilines is 1. The highest BCUT2D eigenvalue weighted by Crippen LogP contribution is 2.28. The summed E-state index contributed by atoms with van der Waals surface area (Å²) in [6.07, 6.45) is 6.15. The zero-order valence-corrected chi connectivity index (χ0v) is 13.1. The summed E-state index contributed by atoms with van der Waals surface area (Å²) in [6, 6.07) is 0. The van der Waals surface area contributed by atoms with E-state index in [0.29, 0.717) is 17.2 Å². The second-order valence-corrected chi connectivity index (χ2v) is 5.81. The molecule has 1 aliphatic heterocycles. The summed E-state index contributed by atoms with van der Waals surface area (Å²) >= 11 is 0. The predicted octanol–water partition coefficient (Wildman–Crippen LogP) is 2.62. The summed E-state index contributed by atoms with van der Waals surface area (Å²) in [5.74, 6) is 2.02. The Balaban J connectivity index is 1.71. The fraction of sp³-hybridized carbons (Fsp3) is 0.375. The van der Waals surface area contributed by atoms with E-state index in [-0.39, 0.29) is 5.91 Å². The Hall–Kier alpha value is -2.70. The normalized spacial score (nSPS) is 14.0. The smallest absolute Gasteiger partial charge is 0.275 e. The molecule has 0 fully saturated rings. The molecular formula is C16H17N5O2. The summed E-state index contributed by atoms with van der Waals surface area (Å²) < 4.78 is 7.57. The van der Waals surface area contributed by atoms with Gasteiger partial charge in [-0.3, -0.25) is 4.79 Å². The number of amides is 1. The third-order valence-electron chi connectivity index (χ3n) is 4.40. The van der Waals surface area contributed by atoms with Crippen LogP contribution in [0, 0.1) is 13.8 Å². The van der Waals surface area contributed by atoms with Gasteiger partial charge in [0.05, 0.1) is 11.6 Å².